The number of sulfonamides is 1. The molecule has 0 heterocycles. The van der Waals surface area contributed by atoms with Gasteiger partial charge in [-0.1, -0.05) is 59.6 Å². The quantitative estimate of drug-likeness (QED) is 0.481. The summed E-state index contributed by atoms with van der Waals surface area (Å²) in [4.78, 5) is 12.7. The van der Waals surface area contributed by atoms with Crippen molar-refractivity contribution in [3.8, 4) is 5.75 Å². The molecule has 0 aliphatic rings. The van der Waals surface area contributed by atoms with E-state index < -0.39 is 22.0 Å². The van der Waals surface area contributed by atoms with Crippen LogP contribution in [0.2, 0.25) is 10.0 Å². The van der Waals surface area contributed by atoms with Crippen LogP contribution >= 0.6 is 23.2 Å². The maximum Gasteiger partial charge on any atom is 0.243 e. The Bertz CT molecular complexity index is 1200. The maximum atomic E-state index is 12.7. The first kappa shape index (κ1) is 23.2. The van der Waals surface area contributed by atoms with Crippen LogP contribution in [-0.4, -0.2) is 39.8 Å². The van der Waals surface area contributed by atoms with Crippen molar-refractivity contribution >= 4 is 55.6 Å². The zero-order valence-electron chi connectivity index (χ0n) is 17.0. The normalized spacial score (nSPS) is 12.4. The van der Waals surface area contributed by atoms with Gasteiger partial charge in [0.25, 0.3) is 0 Å². The van der Waals surface area contributed by atoms with Gasteiger partial charge >= 0.3 is 0 Å². The molecule has 3 rings (SSSR count). The smallest absolute Gasteiger partial charge is 0.243 e. The number of anilines is 1. The van der Waals surface area contributed by atoms with Crippen LogP contribution in [0.4, 0.5) is 5.69 Å². The lowest BCUT2D eigenvalue weighted by molar-refractivity contribution is -0.121. The number of rotatable bonds is 8. The van der Waals surface area contributed by atoms with Crippen LogP contribution in [0, 0.1) is 0 Å². The van der Waals surface area contributed by atoms with Gasteiger partial charge in [-0.2, -0.15) is 0 Å². The molecule has 0 bridgehead atoms. The predicted molar refractivity (Wildman–Crippen MR) is 126 cm³/mol. The lowest BCUT2D eigenvalue weighted by atomic mass is 10.1. The minimum absolute atomic E-state index is 0.145. The van der Waals surface area contributed by atoms with E-state index in [2.05, 4.69) is 5.32 Å². The monoisotopic (exact) mass is 480 g/mol. The number of ether oxygens (including phenoxy) is 1. The molecule has 164 valence electrons. The van der Waals surface area contributed by atoms with Crippen molar-refractivity contribution in [1.82, 2.24) is 5.32 Å². The van der Waals surface area contributed by atoms with Crippen molar-refractivity contribution in [2.75, 3.05) is 23.7 Å². The lowest BCUT2D eigenvalue weighted by Crippen LogP contribution is -2.48. The van der Waals surface area contributed by atoms with Gasteiger partial charge in [0.1, 0.15) is 18.4 Å². The topological polar surface area (TPSA) is 75.7 Å². The number of nitrogens with zero attached hydrogens (tertiary/aromatic N) is 1. The molecule has 0 fully saturated rings. The van der Waals surface area contributed by atoms with E-state index in [9.17, 15) is 13.2 Å². The number of nitrogens with one attached hydrogen (secondary N) is 1. The molecule has 0 aromatic heterocycles. The lowest BCUT2D eigenvalue weighted by Gasteiger charge is -2.29. The van der Waals surface area contributed by atoms with Crippen LogP contribution in [0.5, 0.6) is 5.75 Å². The molecule has 1 unspecified atom stereocenters. The molecule has 1 N–H and O–H groups in total. The Morgan fingerprint density at radius 3 is 2.55 bits per heavy atom. The third-order valence-electron chi connectivity index (χ3n) is 4.64. The molecule has 0 saturated heterocycles. The first-order valence-electron chi connectivity index (χ1n) is 9.51. The van der Waals surface area contributed by atoms with E-state index in [1.807, 2.05) is 42.5 Å². The fraction of sp³-hybridized carbons (Fsp3) is 0.227. The molecule has 1 atom stereocenters. The van der Waals surface area contributed by atoms with Gasteiger partial charge in [-0.15, -0.1) is 0 Å². The highest BCUT2D eigenvalue weighted by atomic mass is 35.5. The predicted octanol–water partition coefficient (Wildman–Crippen LogP) is 4.50. The SMILES string of the molecule is CC(C(=O)NCCOc1cccc2ccccc12)N(c1cc(Cl)ccc1Cl)S(C)(=O)=O. The zero-order chi connectivity index (χ0) is 22.6. The van der Waals surface area contributed by atoms with Crippen LogP contribution in [0.1, 0.15) is 6.92 Å². The summed E-state index contributed by atoms with van der Waals surface area (Å²) >= 11 is 12.2. The van der Waals surface area contributed by atoms with Gasteiger partial charge < -0.3 is 10.1 Å². The van der Waals surface area contributed by atoms with Crippen molar-refractivity contribution in [3.63, 3.8) is 0 Å². The molecular weight excluding hydrogens is 459 g/mol. The van der Waals surface area contributed by atoms with E-state index in [0.717, 1.165) is 21.3 Å². The second-order valence-corrected chi connectivity index (χ2v) is 9.65. The molecule has 1 amide bonds. The molecule has 0 saturated carbocycles. The Hall–Kier alpha value is -2.48. The van der Waals surface area contributed by atoms with Gasteiger partial charge in [-0.25, -0.2) is 8.42 Å². The second kappa shape index (κ2) is 9.77. The Morgan fingerprint density at radius 2 is 1.81 bits per heavy atom. The largest absolute Gasteiger partial charge is 0.491 e. The molecule has 3 aromatic rings. The summed E-state index contributed by atoms with van der Waals surface area (Å²) in [6, 6.07) is 17.0. The Balaban J connectivity index is 1.66. The zero-order valence-corrected chi connectivity index (χ0v) is 19.3. The van der Waals surface area contributed by atoms with Crippen molar-refractivity contribution in [3.05, 3.63) is 70.7 Å². The van der Waals surface area contributed by atoms with Crippen LogP contribution in [0.25, 0.3) is 10.8 Å². The van der Waals surface area contributed by atoms with Crippen molar-refractivity contribution < 1.29 is 17.9 Å². The maximum absolute atomic E-state index is 12.7. The van der Waals surface area contributed by atoms with Gasteiger partial charge in [0.2, 0.25) is 15.9 Å². The number of hydrogen-bond acceptors (Lipinski definition) is 4. The first-order valence-corrected chi connectivity index (χ1v) is 12.1. The average molecular weight is 481 g/mol. The van der Waals surface area contributed by atoms with Crippen LogP contribution in [-0.2, 0) is 14.8 Å². The Labute approximate surface area is 191 Å². The molecule has 0 spiro atoms. The van der Waals surface area contributed by atoms with Crippen LogP contribution < -0.4 is 14.4 Å². The number of carbonyl (C=O) groups is 1. The first-order chi connectivity index (χ1) is 14.7. The molecular formula is C22H22Cl2N2O4S. The number of hydrogen-bond donors (Lipinski definition) is 1. The highest BCUT2D eigenvalue weighted by Crippen LogP contribution is 2.32. The van der Waals surface area contributed by atoms with Crippen molar-refractivity contribution in [2.24, 2.45) is 0 Å². The fourth-order valence-corrected chi connectivity index (χ4v) is 4.84. The summed E-state index contributed by atoms with van der Waals surface area (Å²) in [5.74, 6) is 0.229. The summed E-state index contributed by atoms with van der Waals surface area (Å²) < 4.78 is 31.6. The van der Waals surface area contributed by atoms with Crippen molar-refractivity contribution in [2.45, 2.75) is 13.0 Å². The van der Waals surface area contributed by atoms with Crippen LogP contribution in [0.3, 0.4) is 0 Å². The van der Waals surface area contributed by atoms with Gasteiger partial charge in [0.15, 0.2) is 0 Å². The van der Waals surface area contributed by atoms with Gasteiger partial charge in [-0.05, 0) is 36.6 Å². The fourth-order valence-electron chi connectivity index (χ4n) is 3.24. The molecule has 31 heavy (non-hydrogen) atoms. The Kier molecular flexibility index (Phi) is 7.30. The molecule has 3 aromatic carbocycles. The molecule has 0 aliphatic carbocycles. The van der Waals surface area contributed by atoms with E-state index in [1.54, 1.807) is 6.07 Å². The summed E-state index contributed by atoms with van der Waals surface area (Å²) in [6.07, 6.45) is 1.01. The third-order valence-corrected chi connectivity index (χ3v) is 6.42. The standard InChI is InChI=1S/C22H22Cl2N2O4S/c1-15(26(31(2,28)29)20-14-17(23)10-11-19(20)24)22(27)25-12-13-30-21-9-5-7-16-6-3-4-8-18(16)21/h3-11,14-15H,12-13H2,1-2H3,(H,25,27). The molecule has 0 radical (unpaired) electrons. The van der Waals surface area contributed by atoms with E-state index in [-0.39, 0.29) is 23.9 Å². The molecule has 9 heteroatoms. The van der Waals surface area contributed by atoms with Gasteiger partial charge in [0.05, 0.1) is 23.5 Å². The number of halogens is 2. The van der Waals surface area contributed by atoms with Crippen LogP contribution in [0.15, 0.2) is 60.7 Å². The van der Waals surface area contributed by atoms with Gasteiger partial charge in [-0.3, -0.25) is 9.10 Å². The van der Waals surface area contributed by atoms with E-state index in [1.165, 1.54) is 19.1 Å². The minimum atomic E-state index is -3.80. The number of amides is 1. The summed E-state index contributed by atoms with van der Waals surface area (Å²) in [5, 5.41) is 5.23. The number of carbonyl (C=O) groups excluding carboxylic acids is 1. The average Bonchev–Trinajstić information content (AvgIpc) is 2.72. The van der Waals surface area contributed by atoms with Crippen molar-refractivity contribution in [1.29, 1.82) is 0 Å². The molecule has 6 nitrogen and oxygen atoms in total. The highest BCUT2D eigenvalue weighted by molar-refractivity contribution is 7.92. The summed E-state index contributed by atoms with van der Waals surface area (Å²) in [7, 11) is -3.80. The Morgan fingerprint density at radius 1 is 1.10 bits per heavy atom. The van der Waals surface area contributed by atoms with E-state index in [4.69, 9.17) is 27.9 Å². The highest BCUT2D eigenvalue weighted by Gasteiger charge is 2.30. The second-order valence-electron chi connectivity index (χ2n) is 6.95. The minimum Gasteiger partial charge on any atom is -0.491 e. The summed E-state index contributed by atoms with van der Waals surface area (Å²) in [6.45, 7) is 1.91. The molecule has 0 aliphatic heterocycles. The number of benzene rings is 3. The summed E-state index contributed by atoms with van der Waals surface area (Å²) in [5.41, 5.74) is 0.145. The van der Waals surface area contributed by atoms with Gasteiger partial charge in [0, 0.05) is 10.4 Å². The van der Waals surface area contributed by atoms with E-state index >= 15 is 0 Å². The van der Waals surface area contributed by atoms with E-state index in [0.29, 0.717) is 10.8 Å². The third kappa shape index (κ3) is 5.61. The number of fused-ring (bicyclic) bond motifs is 1.